The highest BCUT2D eigenvalue weighted by atomic mass is 32.2. The van der Waals surface area contributed by atoms with Crippen LogP contribution in [-0.4, -0.2) is 67.4 Å². The third kappa shape index (κ3) is 2.23. The molecule has 2 fully saturated rings. The summed E-state index contributed by atoms with van der Waals surface area (Å²) in [6.07, 6.45) is 1.67. The molecule has 0 radical (unpaired) electrons. The third-order valence-electron chi connectivity index (χ3n) is 4.34. The first kappa shape index (κ1) is 13.3. The average Bonchev–Trinajstić information content (AvgIpc) is 2.58. The summed E-state index contributed by atoms with van der Waals surface area (Å²) in [4.78, 5) is 1.98. The second kappa shape index (κ2) is 4.19. The van der Waals surface area contributed by atoms with E-state index in [1.54, 1.807) is 0 Å². The van der Waals surface area contributed by atoms with Gasteiger partial charge in [-0.05, 0) is 26.3 Å². The van der Waals surface area contributed by atoms with Crippen LogP contribution in [0.5, 0.6) is 0 Å². The van der Waals surface area contributed by atoms with Crippen molar-refractivity contribution in [3.63, 3.8) is 0 Å². The average molecular weight is 263 g/mol. The van der Waals surface area contributed by atoms with E-state index in [-0.39, 0.29) is 18.1 Å². The lowest BCUT2D eigenvalue weighted by atomic mass is 9.70. The van der Waals surface area contributed by atoms with Gasteiger partial charge in [-0.3, -0.25) is 0 Å². The van der Waals surface area contributed by atoms with E-state index in [0.717, 1.165) is 6.54 Å². The number of nitrogens with zero attached hydrogens (tertiary/aromatic N) is 1. The number of hydrogen-bond donors (Lipinski definition) is 2. The number of rotatable bonds is 2. The maximum Gasteiger partial charge on any atom is 0.151 e. The highest BCUT2D eigenvalue weighted by Gasteiger charge is 2.55. The minimum Gasteiger partial charge on any atom is -0.396 e. The molecular formula is C11H21NO4S. The van der Waals surface area contributed by atoms with Gasteiger partial charge in [-0.15, -0.1) is 0 Å². The Balaban J connectivity index is 2.31. The van der Waals surface area contributed by atoms with E-state index in [1.807, 2.05) is 11.9 Å². The Morgan fingerprint density at radius 2 is 2.06 bits per heavy atom. The summed E-state index contributed by atoms with van der Waals surface area (Å²) >= 11 is 0. The van der Waals surface area contributed by atoms with E-state index in [2.05, 4.69) is 0 Å². The highest BCUT2D eigenvalue weighted by molar-refractivity contribution is 7.91. The molecule has 0 spiro atoms. The summed E-state index contributed by atoms with van der Waals surface area (Å²) < 4.78 is 23.5. The van der Waals surface area contributed by atoms with E-state index in [0.29, 0.717) is 25.8 Å². The standard InChI is InChI=1S/C11H21NO4S/c1-12-5-4-11(14,7-12)10(8-13)3-2-6-17(15,16)9-10/h13-14H,2-9H2,1H3. The summed E-state index contributed by atoms with van der Waals surface area (Å²) in [5.74, 6) is 0.0987. The molecule has 0 aromatic heterocycles. The zero-order valence-electron chi connectivity index (χ0n) is 10.2. The Labute approximate surface area is 102 Å². The first-order chi connectivity index (χ1) is 7.83. The van der Waals surface area contributed by atoms with Crippen molar-refractivity contribution in [2.45, 2.75) is 24.9 Å². The minimum absolute atomic E-state index is 0.0825. The molecular weight excluding hydrogens is 242 g/mol. The summed E-state index contributed by atoms with van der Waals surface area (Å²) in [7, 11) is -1.23. The largest absolute Gasteiger partial charge is 0.396 e. The summed E-state index contributed by atoms with van der Waals surface area (Å²) in [6.45, 7) is 0.942. The van der Waals surface area contributed by atoms with Crippen molar-refractivity contribution < 1.29 is 18.6 Å². The van der Waals surface area contributed by atoms with Crippen LogP contribution in [0.15, 0.2) is 0 Å². The molecule has 2 saturated heterocycles. The molecule has 2 aliphatic heterocycles. The van der Waals surface area contributed by atoms with Gasteiger partial charge in [0.15, 0.2) is 9.84 Å². The lowest BCUT2D eigenvalue weighted by Gasteiger charge is -2.46. The molecule has 0 aromatic carbocycles. The molecule has 17 heavy (non-hydrogen) atoms. The van der Waals surface area contributed by atoms with Gasteiger partial charge in [0.05, 0.1) is 23.7 Å². The van der Waals surface area contributed by atoms with Crippen LogP contribution < -0.4 is 0 Å². The Morgan fingerprint density at radius 3 is 2.53 bits per heavy atom. The molecule has 2 unspecified atom stereocenters. The Hall–Kier alpha value is -0.170. The van der Waals surface area contributed by atoms with Crippen LogP contribution in [-0.2, 0) is 9.84 Å². The summed E-state index contributed by atoms with van der Waals surface area (Å²) in [6, 6.07) is 0. The molecule has 0 aliphatic carbocycles. The van der Waals surface area contributed by atoms with Crippen molar-refractivity contribution in [1.29, 1.82) is 0 Å². The van der Waals surface area contributed by atoms with Crippen molar-refractivity contribution in [2.75, 3.05) is 38.2 Å². The Kier molecular flexibility index (Phi) is 3.27. The maximum absolute atomic E-state index is 11.8. The minimum atomic E-state index is -3.13. The Morgan fingerprint density at radius 1 is 1.35 bits per heavy atom. The molecule has 0 bridgehead atoms. The second-order valence-corrected chi connectivity index (χ2v) is 7.84. The predicted molar refractivity (Wildman–Crippen MR) is 64.5 cm³/mol. The third-order valence-corrected chi connectivity index (χ3v) is 6.24. The first-order valence-corrected chi connectivity index (χ1v) is 7.87. The number of likely N-dealkylation sites (tertiary alicyclic amines) is 1. The topological polar surface area (TPSA) is 77.8 Å². The van der Waals surface area contributed by atoms with Crippen LogP contribution in [0.4, 0.5) is 0 Å². The summed E-state index contributed by atoms with van der Waals surface area (Å²) in [5.41, 5.74) is -1.93. The van der Waals surface area contributed by atoms with Gasteiger partial charge >= 0.3 is 0 Å². The Bertz CT molecular complexity index is 396. The van der Waals surface area contributed by atoms with Gasteiger partial charge < -0.3 is 15.1 Å². The number of β-amino-alcohol motifs (C(OH)–C–C–N with tert-alkyl or cyclic N) is 1. The van der Waals surface area contributed by atoms with Crippen molar-refractivity contribution >= 4 is 9.84 Å². The van der Waals surface area contributed by atoms with Crippen LogP contribution >= 0.6 is 0 Å². The molecule has 100 valence electrons. The van der Waals surface area contributed by atoms with Gasteiger partial charge in [0.1, 0.15) is 0 Å². The zero-order valence-corrected chi connectivity index (χ0v) is 11.0. The number of likely N-dealkylation sites (N-methyl/N-ethyl adjacent to an activating group) is 1. The fourth-order valence-corrected chi connectivity index (χ4v) is 5.32. The van der Waals surface area contributed by atoms with Crippen LogP contribution in [0.25, 0.3) is 0 Å². The van der Waals surface area contributed by atoms with Gasteiger partial charge in [-0.2, -0.15) is 0 Å². The molecule has 0 saturated carbocycles. The number of hydrogen-bond acceptors (Lipinski definition) is 5. The molecule has 2 heterocycles. The normalized spacial score (nSPS) is 42.8. The number of aliphatic hydroxyl groups excluding tert-OH is 1. The lowest BCUT2D eigenvalue weighted by Crippen LogP contribution is -2.57. The van der Waals surface area contributed by atoms with Gasteiger partial charge in [0.2, 0.25) is 0 Å². The fourth-order valence-electron chi connectivity index (χ4n) is 3.25. The van der Waals surface area contributed by atoms with Crippen LogP contribution in [0.2, 0.25) is 0 Å². The van der Waals surface area contributed by atoms with Crippen molar-refractivity contribution in [1.82, 2.24) is 4.90 Å². The molecule has 2 rings (SSSR count). The summed E-state index contributed by atoms with van der Waals surface area (Å²) in [5, 5.41) is 20.3. The van der Waals surface area contributed by atoms with Gasteiger partial charge in [-0.1, -0.05) is 0 Å². The lowest BCUT2D eigenvalue weighted by molar-refractivity contribution is -0.0946. The van der Waals surface area contributed by atoms with Crippen molar-refractivity contribution in [2.24, 2.45) is 5.41 Å². The van der Waals surface area contributed by atoms with E-state index in [4.69, 9.17) is 0 Å². The second-order valence-electron chi connectivity index (χ2n) is 5.65. The highest BCUT2D eigenvalue weighted by Crippen LogP contribution is 2.45. The van der Waals surface area contributed by atoms with Crippen molar-refractivity contribution in [3.8, 4) is 0 Å². The van der Waals surface area contributed by atoms with E-state index < -0.39 is 20.9 Å². The SMILES string of the molecule is CN1CCC(O)(C2(CO)CCCS(=O)(=O)C2)C1. The van der Waals surface area contributed by atoms with E-state index in [1.165, 1.54) is 0 Å². The van der Waals surface area contributed by atoms with Gasteiger partial charge in [-0.25, -0.2) is 8.42 Å². The smallest absolute Gasteiger partial charge is 0.151 e. The molecule has 0 amide bonds. The molecule has 6 heteroatoms. The van der Waals surface area contributed by atoms with E-state index in [9.17, 15) is 18.6 Å². The molecule has 2 atom stereocenters. The van der Waals surface area contributed by atoms with Crippen molar-refractivity contribution in [3.05, 3.63) is 0 Å². The van der Waals surface area contributed by atoms with Crippen LogP contribution in [0, 0.1) is 5.41 Å². The quantitative estimate of drug-likeness (QED) is 0.685. The van der Waals surface area contributed by atoms with Gasteiger partial charge in [0, 0.05) is 18.5 Å². The fraction of sp³-hybridized carbons (Fsp3) is 1.00. The maximum atomic E-state index is 11.8. The molecule has 2 N–H and O–H groups in total. The number of sulfone groups is 1. The van der Waals surface area contributed by atoms with Crippen LogP contribution in [0.3, 0.4) is 0 Å². The van der Waals surface area contributed by atoms with E-state index >= 15 is 0 Å². The predicted octanol–water partition coefficient (Wildman–Crippen LogP) is -0.760. The molecule has 2 aliphatic rings. The van der Waals surface area contributed by atoms with Gasteiger partial charge in [0.25, 0.3) is 0 Å². The molecule has 0 aromatic rings. The molecule has 5 nitrogen and oxygen atoms in total. The van der Waals surface area contributed by atoms with Crippen LogP contribution in [0.1, 0.15) is 19.3 Å². The number of aliphatic hydroxyl groups is 2. The zero-order chi connectivity index (χ0) is 12.7. The monoisotopic (exact) mass is 263 g/mol. The first-order valence-electron chi connectivity index (χ1n) is 6.05.